The van der Waals surface area contributed by atoms with Crippen LogP contribution >= 0.6 is 11.8 Å². The summed E-state index contributed by atoms with van der Waals surface area (Å²) in [6, 6.07) is 3.44. The molecule has 1 aromatic heterocycles. The number of carbonyl (C=O) groups excluding carboxylic acids is 2. The number of imide groups is 1. The van der Waals surface area contributed by atoms with Gasteiger partial charge in [0.05, 0.1) is 11.2 Å². The zero-order valence-electron chi connectivity index (χ0n) is 8.38. The molecule has 0 aromatic carbocycles. The quantitative estimate of drug-likeness (QED) is 0.802. The van der Waals surface area contributed by atoms with Gasteiger partial charge in [0.2, 0.25) is 0 Å². The number of rotatable bonds is 3. The van der Waals surface area contributed by atoms with Crippen LogP contribution in [0.25, 0.3) is 6.08 Å². The molecule has 0 atom stereocenters. The van der Waals surface area contributed by atoms with Crippen molar-refractivity contribution in [2.75, 3.05) is 13.1 Å². The molecule has 5 nitrogen and oxygen atoms in total. The molecule has 2 amide bonds. The molecule has 2 N–H and O–H groups in total. The fourth-order valence-electron chi connectivity index (χ4n) is 1.32. The van der Waals surface area contributed by atoms with E-state index in [1.165, 1.54) is 6.26 Å². The molecule has 0 unspecified atom stereocenters. The minimum Gasteiger partial charge on any atom is -0.465 e. The molecule has 0 aliphatic carbocycles. The van der Waals surface area contributed by atoms with Gasteiger partial charge in [0.15, 0.2) is 0 Å². The third-order valence-corrected chi connectivity index (χ3v) is 2.95. The van der Waals surface area contributed by atoms with Gasteiger partial charge in [-0.2, -0.15) is 0 Å². The molecule has 0 radical (unpaired) electrons. The first-order valence-corrected chi connectivity index (χ1v) is 5.53. The number of carbonyl (C=O) groups is 2. The zero-order valence-corrected chi connectivity index (χ0v) is 9.20. The molecule has 2 rings (SSSR count). The maximum Gasteiger partial charge on any atom is 0.293 e. The van der Waals surface area contributed by atoms with Crippen LogP contribution < -0.4 is 5.73 Å². The third kappa shape index (κ3) is 2.02. The molecule has 0 saturated carbocycles. The largest absolute Gasteiger partial charge is 0.465 e. The first-order chi connectivity index (χ1) is 7.72. The smallest absolute Gasteiger partial charge is 0.293 e. The van der Waals surface area contributed by atoms with E-state index < -0.39 is 0 Å². The van der Waals surface area contributed by atoms with Gasteiger partial charge >= 0.3 is 0 Å². The van der Waals surface area contributed by atoms with Crippen molar-refractivity contribution in [2.45, 2.75) is 0 Å². The van der Waals surface area contributed by atoms with Crippen molar-refractivity contribution >= 4 is 29.0 Å². The van der Waals surface area contributed by atoms with Crippen LogP contribution in [0.2, 0.25) is 0 Å². The SMILES string of the molecule is NCCN1C(=O)S/C(=C\c2ccco2)C1=O. The lowest BCUT2D eigenvalue weighted by Gasteiger charge is -2.09. The van der Waals surface area contributed by atoms with Gasteiger partial charge in [0.25, 0.3) is 11.1 Å². The molecule has 0 spiro atoms. The lowest BCUT2D eigenvalue weighted by atomic mass is 10.3. The highest BCUT2D eigenvalue weighted by Gasteiger charge is 2.34. The molecule has 1 aliphatic heterocycles. The van der Waals surface area contributed by atoms with Gasteiger partial charge in [-0.3, -0.25) is 14.5 Å². The number of thioether (sulfide) groups is 1. The number of hydrogen-bond donors (Lipinski definition) is 1. The molecule has 1 aromatic rings. The Bertz CT molecular complexity index is 439. The Hall–Kier alpha value is -1.53. The summed E-state index contributed by atoms with van der Waals surface area (Å²) in [5.41, 5.74) is 5.32. The van der Waals surface area contributed by atoms with Gasteiger partial charge in [-0.05, 0) is 23.9 Å². The monoisotopic (exact) mass is 238 g/mol. The van der Waals surface area contributed by atoms with Gasteiger partial charge in [-0.1, -0.05) is 0 Å². The Labute approximate surface area is 96.3 Å². The van der Waals surface area contributed by atoms with Crippen LogP contribution in [0, 0.1) is 0 Å². The normalized spacial score (nSPS) is 18.8. The number of amides is 2. The van der Waals surface area contributed by atoms with Crippen molar-refractivity contribution in [3.8, 4) is 0 Å². The van der Waals surface area contributed by atoms with E-state index in [0.717, 1.165) is 16.7 Å². The summed E-state index contributed by atoms with van der Waals surface area (Å²) in [5, 5.41) is -0.284. The van der Waals surface area contributed by atoms with Gasteiger partial charge in [0.1, 0.15) is 5.76 Å². The fourth-order valence-corrected chi connectivity index (χ4v) is 2.17. The first-order valence-electron chi connectivity index (χ1n) is 4.71. The van der Waals surface area contributed by atoms with Crippen molar-refractivity contribution in [3.05, 3.63) is 29.1 Å². The van der Waals surface area contributed by atoms with Crippen LogP contribution in [0.15, 0.2) is 27.7 Å². The van der Waals surface area contributed by atoms with E-state index in [1.54, 1.807) is 18.2 Å². The second-order valence-electron chi connectivity index (χ2n) is 3.14. The van der Waals surface area contributed by atoms with Gasteiger partial charge in [0, 0.05) is 19.2 Å². The first kappa shape index (κ1) is 11.0. The summed E-state index contributed by atoms with van der Waals surface area (Å²) < 4.78 is 5.08. The average molecular weight is 238 g/mol. The van der Waals surface area contributed by atoms with E-state index in [0.29, 0.717) is 10.7 Å². The predicted molar refractivity (Wildman–Crippen MR) is 60.4 cm³/mol. The highest BCUT2D eigenvalue weighted by Crippen LogP contribution is 2.31. The van der Waals surface area contributed by atoms with Crippen molar-refractivity contribution < 1.29 is 14.0 Å². The number of hydrogen-bond acceptors (Lipinski definition) is 5. The van der Waals surface area contributed by atoms with Crippen LogP contribution in [0.3, 0.4) is 0 Å². The van der Waals surface area contributed by atoms with Gasteiger partial charge in [-0.15, -0.1) is 0 Å². The highest BCUT2D eigenvalue weighted by molar-refractivity contribution is 8.18. The Balaban J connectivity index is 2.20. The summed E-state index contributed by atoms with van der Waals surface area (Å²) >= 11 is 0.903. The molecule has 1 saturated heterocycles. The van der Waals surface area contributed by atoms with Crippen LogP contribution in [0.4, 0.5) is 4.79 Å². The summed E-state index contributed by atoms with van der Waals surface area (Å²) in [5.74, 6) is 0.245. The zero-order chi connectivity index (χ0) is 11.5. The van der Waals surface area contributed by atoms with Crippen molar-refractivity contribution in [3.63, 3.8) is 0 Å². The molecule has 6 heteroatoms. The maximum atomic E-state index is 11.8. The minimum atomic E-state index is -0.308. The number of nitrogens with two attached hydrogens (primary N) is 1. The summed E-state index contributed by atoms with van der Waals surface area (Å²) in [7, 11) is 0. The summed E-state index contributed by atoms with van der Waals surface area (Å²) in [6.45, 7) is 0.520. The molecule has 1 aliphatic rings. The molecular weight excluding hydrogens is 228 g/mol. The maximum absolute atomic E-state index is 11.8. The Morgan fingerprint density at radius 2 is 2.31 bits per heavy atom. The second kappa shape index (κ2) is 4.54. The summed E-state index contributed by atoms with van der Waals surface area (Å²) in [6.07, 6.45) is 3.07. The number of furan rings is 1. The fraction of sp³-hybridized carbons (Fsp3) is 0.200. The number of nitrogens with zero attached hydrogens (tertiary/aromatic N) is 1. The van der Waals surface area contributed by atoms with Gasteiger partial charge in [-0.25, -0.2) is 0 Å². The van der Waals surface area contributed by atoms with E-state index in [4.69, 9.17) is 10.2 Å². The van der Waals surface area contributed by atoms with Gasteiger partial charge < -0.3 is 10.2 Å². The molecule has 2 heterocycles. The van der Waals surface area contributed by atoms with E-state index in [9.17, 15) is 9.59 Å². The molecular formula is C10H10N2O3S. The topological polar surface area (TPSA) is 76.5 Å². The average Bonchev–Trinajstić information content (AvgIpc) is 2.84. The lowest BCUT2D eigenvalue weighted by molar-refractivity contribution is -0.122. The predicted octanol–water partition coefficient (Wildman–Crippen LogP) is 1.27. The van der Waals surface area contributed by atoms with Crippen molar-refractivity contribution in [2.24, 2.45) is 5.73 Å². The van der Waals surface area contributed by atoms with Crippen molar-refractivity contribution in [1.82, 2.24) is 4.90 Å². The van der Waals surface area contributed by atoms with E-state index in [2.05, 4.69) is 0 Å². The van der Waals surface area contributed by atoms with Crippen molar-refractivity contribution in [1.29, 1.82) is 0 Å². The second-order valence-corrected chi connectivity index (χ2v) is 4.13. The van der Waals surface area contributed by atoms with Crippen LogP contribution in [-0.4, -0.2) is 29.1 Å². The Kier molecular flexibility index (Phi) is 3.12. The van der Waals surface area contributed by atoms with E-state index in [1.807, 2.05) is 0 Å². The van der Waals surface area contributed by atoms with E-state index >= 15 is 0 Å². The standard InChI is InChI=1S/C10H10N2O3S/c11-3-4-12-9(13)8(16-10(12)14)6-7-2-1-5-15-7/h1-2,5-6H,3-4,11H2/b8-6-. The van der Waals surface area contributed by atoms with Crippen LogP contribution in [0.1, 0.15) is 5.76 Å². The Morgan fingerprint density at radius 3 is 2.94 bits per heavy atom. The third-order valence-electron chi connectivity index (χ3n) is 2.04. The highest BCUT2D eigenvalue weighted by atomic mass is 32.2. The summed E-state index contributed by atoms with van der Waals surface area (Å²) in [4.78, 5) is 24.7. The lowest BCUT2D eigenvalue weighted by Crippen LogP contribution is -2.33. The minimum absolute atomic E-state index is 0.250. The molecule has 84 valence electrons. The van der Waals surface area contributed by atoms with Crippen LogP contribution in [-0.2, 0) is 4.79 Å². The van der Waals surface area contributed by atoms with Crippen LogP contribution in [0.5, 0.6) is 0 Å². The molecule has 1 fully saturated rings. The Morgan fingerprint density at radius 1 is 1.50 bits per heavy atom. The molecule has 16 heavy (non-hydrogen) atoms. The molecule has 0 bridgehead atoms. The van der Waals surface area contributed by atoms with E-state index in [-0.39, 0.29) is 24.2 Å².